The van der Waals surface area contributed by atoms with Crippen molar-refractivity contribution in [2.75, 3.05) is 0 Å². The summed E-state index contributed by atoms with van der Waals surface area (Å²) in [6.07, 6.45) is 0. The highest BCUT2D eigenvalue weighted by molar-refractivity contribution is 6.88. The van der Waals surface area contributed by atoms with Crippen LogP contribution in [0, 0.1) is 0 Å². The van der Waals surface area contributed by atoms with Crippen LogP contribution in [0.2, 0.25) is 19.6 Å². The van der Waals surface area contributed by atoms with Crippen LogP contribution in [0.1, 0.15) is 51.3 Å². The summed E-state index contributed by atoms with van der Waals surface area (Å²) in [5.41, 5.74) is 12.0. The molecule has 4 heteroatoms. The Bertz CT molecular complexity index is 2040. The molecule has 0 N–H and O–H groups in total. The van der Waals surface area contributed by atoms with Gasteiger partial charge in [0.15, 0.2) is 17.5 Å². The predicted molar refractivity (Wildman–Crippen MR) is 201 cm³/mol. The maximum atomic E-state index is 5.08. The molecule has 0 amide bonds. The summed E-state index contributed by atoms with van der Waals surface area (Å²) in [5.74, 6) is 2.05. The number of nitrogens with zero attached hydrogens (tertiary/aromatic N) is 3. The zero-order valence-corrected chi connectivity index (χ0v) is 29.8. The molecular formula is C43H43N3Si. The molecule has 3 nitrogen and oxygen atoms in total. The van der Waals surface area contributed by atoms with Crippen LogP contribution in [0.3, 0.4) is 0 Å². The third-order valence-corrected chi connectivity index (χ3v) is 11.8. The maximum absolute atomic E-state index is 5.08. The molecule has 1 aromatic heterocycles. The lowest BCUT2D eigenvalue weighted by atomic mass is 9.82. The highest BCUT2D eigenvalue weighted by Crippen LogP contribution is 2.49. The van der Waals surface area contributed by atoms with E-state index >= 15 is 0 Å². The summed E-state index contributed by atoms with van der Waals surface area (Å²) in [6, 6.07) is 41.8. The lowest BCUT2D eigenvalue weighted by Gasteiger charge is -2.21. The van der Waals surface area contributed by atoms with Crippen molar-refractivity contribution in [2.45, 2.75) is 65.1 Å². The number of benzene rings is 5. The van der Waals surface area contributed by atoms with Gasteiger partial charge in [0.25, 0.3) is 0 Å². The highest BCUT2D eigenvalue weighted by Gasteiger charge is 2.35. The Kier molecular flexibility index (Phi) is 7.40. The lowest BCUT2D eigenvalue weighted by Crippen LogP contribution is -2.37. The third-order valence-electron chi connectivity index (χ3n) is 9.69. The Balaban J connectivity index is 1.33. The molecule has 0 bridgehead atoms. The average Bonchev–Trinajstić information content (AvgIpc) is 3.30. The van der Waals surface area contributed by atoms with Crippen molar-refractivity contribution in [3.8, 4) is 56.4 Å². The first-order valence-corrected chi connectivity index (χ1v) is 20.1. The second-order valence-electron chi connectivity index (χ2n) is 15.5. The average molecular weight is 630 g/mol. The molecule has 1 aliphatic rings. The van der Waals surface area contributed by atoms with E-state index in [0.29, 0.717) is 17.5 Å². The SMILES string of the molecule is CC(C)(C)c1ccc(-c2nc(-c3ccc([Si](C)(C)C)cc3)nc(-c3cccc(-c4ccc5c(c4)-c4ccccc4C5(C)C)c3)n2)cc1. The molecule has 0 spiro atoms. The summed E-state index contributed by atoms with van der Waals surface area (Å²) in [7, 11) is -1.43. The Labute approximate surface area is 280 Å². The zero-order chi connectivity index (χ0) is 33.1. The van der Waals surface area contributed by atoms with E-state index in [9.17, 15) is 0 Å². The van der Waals surface area contributed by atoms with Gasteiger partial charge >= 0.3 is 0 Å². The Morgan fingerprint density at radius 1 is 0.489 bits per heavy atom. The molecule has 0 saturated heterocycles. The summed E-state index contributed by atoms with van der Waals surface area (Å²) >= 11 is 0. The molecule has 0 fully saturated rings. The van der Waals surface area contributed by atoms with Gasteiger partial charge in [0.1, 0.15) is 0 Å². The fourth-order valence-electron chi connectivity index (χ4n) is 6.74. The van der Waals surface area contributed by atoms with Gasteiger partial charge in [-0.1, -0.05) is 163 Å². The fraction of sp³-hybridized carbons (Fsp3) is 0.233. The normalized spacial score (nSPS) is 13.7. The fourth-order valence-corrected chi connectivity index (χ4v) is 7.91. The van der Waals surface area contributed by atoms with E-state index in [0.717, 1.165) is 22.3 Å². The third kappa shape index (κ3) is 5.76. The predicted octanol–water partition coefficient (Wildman–Crippen LogP) is 10.7. The van der Waals surface area contributed by atoms with Gasteiger partial charge in [-0.2, -0.15) is 0 Å². The number of fused-ring (bicyclic) bond motifs is 3. The first-order valence-electron chi connectivity index (χ1n) is 16.6. The molecule has 6 aromatic rings. The van der Waals surface area contributed by atoms with Crippen LogP contribution in [-0.2, 0) is 10.8 Å². The Morgan fingerprint density at radius 3 is 1.62 bits per heavy atom. The van der Waals surface area contributed by atoms with E-state index < -0.39 is 8.07 Å². The van der Waals surface area contributed by atoms with E-state index in [-0.39, 0.29) is 10.8 Å². The summed E-state index contributed by atoms with van der Waals surface area (Å²) in [4.78, 5) is 15.2. The Hall–Kier alpha value is -4.67. The van der Waals surface area contributed by atoms with Crippen LogP contribution in [0.15, 0.2) is 115 Å². The second-order valence-corrected chi connectivity index (χ2v) is 20.6. The van der Waals surface area contributed by atoms with Gasteiger partial charge in [-0.05, 0) is 56.5 Å². The summed E-state index contributed by atoms with van der Waals surface area (Å²) in [5, 5.41) is 1.42. The molecule has 0 unspecified atom stereocenters. The minimum atomic E-state index is -1.43. The molecule has 5 aromatic carbocycles. The van der Waals surface area contributed by atoms with Gasteiger partial charge in [-0.15, -0.1) is 0 Å². The van der Waals surface area contributed by atoms with E-state index in [1.807, 2.05) is 0 Å². The van der Waals surface area contributed by atoms with Gasteiger partial charge in [0.2, 0.25) is 0 Å². The topological polar surface area (TPSA) is 38.7 Å². The molecule has 0 aliphatic heterocycles. The van der Waals surface area contributed by atoms with Crippen molar-refractivity contribution in [3.05, 3.63) is 132 Å². The first-order chi connectivity index (χ1) is 22.3. The van der Waals surface area contributed by atoms with Crippen molar-refractivity contribution in [1.29, 1.82) is 0 Å². The van der Waals surface area contributed by atoms with Crippen molar-refractivity contribution < 1.29 is 0 Å². The van der Waals surface area contributed by atoms with Crippen LogP contribution in [-0.4, -0.2) is 23.0 Å². The number of hydrogen-bond acceptors (Lipinski definition) is 3. The molecule has 0 radical (unpaired) electrons. The first kappa shape index (κ1) is 31.0. The molecule has 7 rings (SSSR count). The van der Waals surface area contributed by atoms with Crippen molar-refractivity contribution in [3.63, 3.8) is 0 Å². The minimum Gasteiger partial charge on any atom is -0.208 e. The molecule has 234 valence electrons. The van der Waals surface area contributed by atoms with E-state index in [4.69, 9.17) is 15.0 Å². The van der Waals surface area contributed by atoms with Gasteiger partial charge in [0, 0.05) is 22.1 Å². The number of rotatable bonds is 5. The van der Waals surface area contributed by atoms with E-state index in [1.165, 1.54) is 38.6 Å². The van der Waals surface area contributed by atoms with Crippen LogP contribution in [0.25, 0.3) is 56.4 Å². The van der Waals surface area contributed by atoms with E-state index in [2.05, 4.69) is 170 Å². The molecule has 0 atom stereocenters. The van der Waals surface area contributed by atoms with Crippen LogP contribution in [0.4, 0.5) is 0 Å². The van der Waals surface area contributed by atoms with Crippen LogP contribution < -0.4 is 5.19 Å². The van der Waals surface area contributed by atoms with Gasteiger partial charge in [0.05, 0.1) is 8.07 Å². The lowest BCUT2D eigenvalue weighted by molar-refractivity contribution is 0.590. The minimum absolute atomic E-state index is 0.0116. The molecular weight excluding hydrogens is 587 g/mol. The molecule has 1 aliphatic carbocycles. The van der Waals surface area contributed by atoms with Crippen molar-refractivity contribution >= 4 is 13.3 Å². The van der Waals surface area contributed by atoms with Crippen LogP contribution >= 0.6 is 0 Å². The smallest absolute Gasteiger partial charge is 0.164 e. The van der Waals surface area contributed by atoms with Crippen molar-refractivity contribution in [2.24, 2.45) is 0 Å². The van der Waals surface area contributed by atoms with E-state index in [1.54, 1.807) is 0 Å². The summed E-state index contributed by atoms with van der Waals surface area (Å²) in [6.45, 7) is 18.5. The number of hydrogen-bond donors (Lipinski definition) is 0. The monoisotopic (exact) mass is 629 g/mol. The summed E-state index contributed by atoms with van der Waals surface area (Å²) < 4.78 is 0. The standard InChI is InChI=1S/C43H43N3Si/c1-42(2,3)33-21-16-28(17-22-33)39-44-40(29-18-23-34(24-19-29)47(6,7)8)46-41(45-39)32-13-11-12-30(26-32)31-20-25-38-36(27-31)35-14-9-10-15-37(35)43(38,4)5/h9-27H,1-8H3. The zero-order valence-electron chi connectivity index (χ0n) is 28.8. The molecule has 0 saturated carbocycles. The largest absolute Gasteiger partial charge is 0.208 e. The van der Waals surface area contributed by atoms with Gasteiger partial charge in [-0.25, -0.2) is 15.0 Å². The number of aromatic nitrogens is 3. The van der Waals surface area contributed by atoms with Crippen molar-refractivity contribution in [1.82, 2.24) is 15.0 Å². The highest BCUT2D eigenvalue weighted by atomic mass is 28.3. The van der Waals surface area contributed by atoms with Crippen LogP contribution in [0.5, 0.6) is 0 Å². The quantitative estimate of drug-likeness (QED) is 0.178. The van der Waals surface area contributed by atoms with Gasteiger partial charge in [-0.3, -0.25) is 0 Å². The second kappa shape index (κ2) is 11.2. The molecule has 1 heterocycles. The van der Waals surface area contributed by atoms with Gasteiger partial charge < -0.3 is 0 Å². The molecule has 47 heavy (non-hydrogen) atoms. The maximum Gasteiger partial charge on any atom is 0.164 e. The Morgan fingerprint density at radius 2 is 1.00 bits per heavy atom.